The summed E-state index contributed by atoms with van der Waals surface area (Å²) < 4.78 is 57.5. The number of hydrogen-bond donors (Lipinski definition) is 1. The zero-order valence-corrected chi connectivity index (χ0v) is 21.3. The number of nitrogens with one attached hydrogen (secondary N) is 1. The Hall–Kier alpha value is -3.79. The highest BCUT2D eigenvalue weighted by atomic mass is 32.2. The Bertz CT molecular complexity index is 1280. The average Bonchev–Trinajstić information content (AvgIpc) is 2.88. The van der Waals surface area contributed by atoms with Crippen molar-refractivity contribution in [2.75, 3.05) is 31.7 Å². The Morgan fingerprint density at radius 3 is 2.19 bits per heavy atom. The summed E-state index contributed by atoms with van der Waals surface area (Å²) in [5.74, 6) is 0.497. The smallest absolute Gasteiger partial charge is 0.264 e. The molecule has 1 N–H and O–H groups in total. The van der Waals surface area contributed by atoms with Gasteiger partial charge >= 0.3 is 0 Å². The van der Waals surface area contributed by atoms with Gasteiger partial charge in [-0.25, -0.2) is 12.8 Å². The van der Waals surface area contributed by atoms with Crippen LogP contribution in [0.5, 0.6) is 17.2 Å². The van der Waals surface area contributed by atoms with Crippen LogP contribution < -0.4 is 23.8 Å². The first kappa shape index (κ1) is 26.8. The fraction of sp³-hybridized carbons (Fsp3) is 0.269. The van der Waals surface area contributed by atoms with Crippen LogP contribution in [0.15, 0.2) is 71.6 Å². The lowest BCUT2D eigenvalue weighted by atomic mass is 10.1. The van der Waals surface area contributed by atoms with Crippen molar-refractivity contribution in [1.82, 2.24) is 5.32 Å². The summed E-state index contributed by atoms with van der Waals surface area (Å²) in [6, 6.07) is 15.6. The van der Waals surface area contributed by atoms with Crippen molar-refractivity contribution in [3.8, 4) is 17.2 Å². The lowest BCUT2D eigenvalue weighted by Gasteiger charge is -2.25. The van der Waals surface area contributed by atoms with Gasteiger partial charge < -0.3 is 19.5 Å². The number of benzene rings is 3. The van der Waals surface area contributed by atoms with Gasteiger partial charge in [0.2, 0.25) is 5.91 Å². The van der Waals surface area contributed by atoms with Crippen molar-refractivity contribution < 1.29 is 31.8 Å². The van der Waals surface area contributed by atoms with Gasteiger partial charge in [0.25, 0.3) is 10.0 Å². The van der Waals surface area contributed by atoms with E-state index in [1.54, 1.807) is 37.3 Å². The molecule has 36 heavy (non-hydrogen) atoms. The van der Waals surface area contributed by atoms with E-state index in [4.69, 9.17) is 14.2 Å². The average molecular weight is 517 g/mol. The van der Waals surface area contributed by atoms with Crippen LogP contribution >= 0.6 is 0 Å². The molecule has 1 amide bonds. The molecule has 1 atom stereocenters. The van der Waals surface area contributed by atoms with Gasteiger partial charge in [0, 0.05) is 0 Å². The van der Waals surface area contributed by atoms with Gasteiger partial charge in [-0.3, -0.25) is 9.10 Å². The molecule has 8 nitrogen and oxygen atoms in total. The molecule has 3 aromatic rings. The van der Waals surface area contributed by atoms with Crippen LogP contribution in [0.1, 0.15) is 25.5 Å². The van der Waals surface area contributed by atoms with Gasteiger partial charge in [-0.2, -0.15) is 0 Å². The second kappa shape index (κ2) is 11.8. The third kappa shape index (κ3) is 6.25. The number of methoxy groups -OCH3 is 2. The molecule has 0 aromatic heterocycles. The van der Waals surface area contributed by atoms with Crippen LogP contribution in [-0.2, 0) is 14.8 Å². The number of anilines is 1. The second-order valence-electron chi connectivity index (χ2n) is 7.80. The molecular weight excluding hydrogens is 487 g/mol. The lowest BCUT2D eigenvalue weighted by molar-refractivity contribution is -0.120. The molecule has 0 spiro atoms. The fourth-order valence-corrected chi connectivity index (χ4v) is 4.97. The van der Waals surface area contributed by atoms with Crippen LogP contribution in [0.25, 0.3) is 0 Å². The van der Waals surface area contributed by atoms with Gasteiger partial charge in [0.1, 0.15) is 18.1 Å². The van der Waals surface area contributed by atoms with Crippen molar-refractivity contribution >= 4 is 21.6 Å². The standard InChI is InChI=1S/C26H29FN2O6S/c1-5-35-22-11-13-23(14-12-22)36(31,32)29(21-9-7-20(27)8-10-21)17-26(30)28-18(2)19-6-15-24(33-3)25(16-19)34-4/h6-16,18H,5,17H2,1-4H3,(H,28,30). The molecule has 0 saturated heterocycles. The molecule has 10 heteroatoms. The minimum atomic E-state index is -4.16. The molecule has 0 aliphatic heterocycles. The van der Waals surface area contributed by atoms with E-state index in [9.17, 15) is 17.6 Å². The number of hydrogen-bond acceptors (Lipinski definition) is 6. The predicted molar refractivity (Wildman–Crippen MR) is 135 cm³/mol. The number of halogens is 1. The van der Waals surface area contributed by atoms with Crippen LogP contribution in [0.2, 0.25) is 0 Å². The van der Waals surface area contributed by atoms with Gasteiger partial charge in [0.05, 0.1) is 37.5 Å². The van der Waals surface area contributed by atoms with Crippen molar-refractivity contribution in [3.63, 3.8) is 0 Å². The minimum absolute atomic E-state index is 0.0315. The predicted octanol–water partition coefficient (Wildman–Crippen LogP) is 4.31. The third-order valence-electron chi connectivity index (χ3n) is 5.41. The van der Waals surface area contributed by atoms with E-state index in [1.807, 2.05) is 6.92 Å². The number of sulfonamides is 1. The first-order chi connectivity index (χ1) is 17.2. The number of rotatable bonds is 11. The summed E-state index contributed by atoms with van der Waals surface area (Å²) in [5.41, 5.74) is 0.892. The molecule has 1 unspecified atom stereocenters. The monoisotopic (exact) mass is 516 g/mol. The molecule has 0 radical (unpaired) electrons. The SMILES string of the molecule is CCOc1ccc(S(=O)(=O)N(CC(=O)NC(C)c2ccc(OC)c(OC)c2)c2ccc(F)cc2)cc1. The maximum Gasteiger partial charge on any atom is 0.264 e. The largest absolute Gasteiger partial charge is 0.494 e. The maximum atomic E-state index is 13.5. The van der Waals surface area contributed by atoms with E-state index in [2.05, 4.69) is 5.32 Å². The Balaban J connectivity index is 1.86. The van der Waals surface area contributed by atoms with Crippen LogP contribution in [0, 0.1) is 5.82 Å². The minimum Gasteiger partial charge on any atom is -0.494 e. The van der Waals surface area contributed by atoms with E-state index in [0.29, 0.717) is 23.9 Å². The van der Waals surface area contributed by atoms with Crippen molar-refractivity contribution in [2.24, 2.45) is 0 Å². The molecule has 0 saturated carbocycles. The normalized spacial score (nSPS) is 11.9. The molecule has 3 aromatic carbocycles. The Morgan fingerprint density at radius 2 is 1.61 bits per heavy atom. The van der Waals surface area contributed by atoms with Gasteiger partial charge in [0.15, 0.2) is 11.5 Å². The lowest BCUT2D eigenvalue weighted by Crippen LogP contribution is -2.41. The highest BCUT2D eigenvalue weighted by Crippen LogP contribution is 2.30. The highest BCUT2D eigenvalue weighted by Gasteiger charge is 2.28. The first-order valence-electron chi connectivity index (χ1n) is 11.2. The number of ether oxygens (including phenoxy) is 3. The van der Waals surface area contributed by atoms with Crippen LogP contribution in [0.4, 0.5) is 10.1 Å². The van der Waals surface area contributed by atoms with E-state index in [1.165, 1.54) is 38.5 Å². The highest BCUT2D eigenvalue weighted by molar-refractivity contribution is 7.92. The van der Waals surface area contributed by atoms with Gasteiger partial charge in [-0.05, 0) is 80.1 Å². The van der Waals surface area contributed by atoms with Crippen LogP contribution in [-0.4, -0.2) is 41.7 Å². The first-order valence-corrected chi connectivity index (χ1v) is 12.7. The molecule has 3 rings (SSSR count). The van der Waals surface area contributed by atoms with Gasteiger partial charge in [-0.1, -0.05) is 6.07 Å². The Labute approximate surface area is 210 Å². The second-order valence-corrected chi connectivity index (χ2v) is 9.66. The summed E-state index contributed by atoms with van der Waals surface area (Å²) in [4.78, 5) is 13.0. The number of nitrogens with zero attached hydrogens (tertiary/aromatic N) is 1. The summed E-state index contributed by atoms with van der Waals surface area (Å²) in [5, 5.41) is 2.81. The van der Waals surface area contributed by atoms with E-state index < -0.39 is 34.3 Å². The number of carbonyl (C=O) groups excluding carboxylic acids is 1. The summed E-state index contributed by atoms with van der Waals surface area (Å²) >= 11 is 0. The van der Waals surface area contributed by atoms with E-state index in [0.717, 1.165) is 22.0 Å². The molecule has 0 aliphatic rings. The summed E-state index contributed by atoms with van der Waals surface area (Å²) in [7, 11) is -1.12. The van der Waals surface area contributed by atoms with Crippen molar-refractivity contribution in [2.45, 2.75) is 24.8 Å². The molecular formula is C26H29FN2O6S. The third-order valence-corrected chi connectivity index (χ3v) is 7.20. The zero-order valence-electron chi connectivity index (χ0n) is 20.5. The van der Waals surface area contributed by atoms with E-state index >= 15 is 0 Å². The number of amides is 1. The van der Waals surface area contributed by atoms with Crippen molar-refractivity contribution in [3.05, 3.63) is 78.1 Å². The molecule has 0 bridgehead atoms. The maximum absolute atomic E-state index is 13.5. The molecule has 192 valence electrons. The quantitative estimate of drug-likeness (QED) is 0.408. The van der Waals surface area contributed by atoms with E-state index in [-0.39, 0.29) is 10.6 Å². The Kier molecular flexibility index (Phi) is 8.76. The number of carbonyl (C=O) groups is 1. The molecule has 0 aliphatic carbocycles. The van der Waals surface area contributed by atoms with Gasteiger partial charge in [-0.15, -0.1) is 0 Å². The Morgan fingerprint density at radius 1 is 0.972 bits per heavy atom. The molecule has 0 heterocycles. The topological polar surface area (TPSA) is 94.2 Å². The fourth-order valence-electron chi connectivity index (χ4n) is 3.55. The van der Waals surface area contributed by atoms with Crippen LogP contribution in [0.3, 0.4) is 0 Å². The molecule has 0 fully saturated rings. The zero-order chi connectivity index (χ0) is 26.3. The summed E-state index contributed by atoms with van der Waals surface area (Å²) in [6.45, 7) is 3.51. The van der Waals surface area contributed by atoms with Crippen molar-refractivity contribution in [1.29, 1.82) is 0 Å². The summed E-state index contributed by atoms with van der Waals surface area (Å²) in [6.07, 6.45) is 0.